The molecule has 0 spiro atoms. The number of aryl methyl sites for hydroxylation is 1. The Labute approximate surface area is 147 Å². The van der Waals surface area contributed by atoms with Crippen LogP contribution in [-0.4, -0.2) is 18.7 Å². The summed E-state index contributed by atoms with van der Waals surface area (Å²) in [5.41, 5.74) is 2.40. The van der Waals surface area contributed by atoms with Crippen LogP contribution in [0.3, 0.4) is 0 Å². The van der Waals surface area contributed by atoms with Gasteiger partial charge in [-0.05, 0) is 51.8 Å². The summed E-state index contributed by atoms with van der Waals surface area (Å²) < 4.78 is 11.7. The third kappa shape index (κ3) is 3.83. The molecule has 3 aromatic rings. The zero-order valence-electron chi connectivity index (χ0n) is 13.0. The third-order valence-corrected chi connectivity index (χ3v) is 4.15. The maximum absolute atomic E-state index is 11.8. The number of benzene rings is 2. The minimum atomic E-state index is -0.352. The smallest absolute Gasteiger partial charge is 0.277 e. The van der Waals surface area contributed by atoms with Crippen LogP contribution in [0.25, 0.3) is 10.8 Å². The van der Waals surface area contributed by atoms with E-state index < -0.39 is 0 Å². The van der Waals surface area contributed by atoms with Gasteiger partial charge in [-0.3, -0.25) is 4.79 Å². The number of hydrogen-bond donors (Lipinski definition) is 1. The summed E-state index contributed by atoms with van der Waals surface area (Å²) in [6.07, 6.45) is 1.44. The van der Waals surface area contributed by atoms with Crippen LogP contribution in [0, 0.1) is 6.92 Å². The Morgan fingerprint density at radius 2 is 2.08 bits per heavy atom. The molecular weight excluding hydrogens is 372 g/mol. The van der Waals surface area contributed by atoms with Crippen LogP contribution < -0.4 is 10.2 Å². The summed E-state index contributed by atoms with van der Waals surface area (Å²) in [7, 11) is 0. The fourth-order valence-electron chi connectivity index (χ4n) is 2.19. The van der Waals surface area contributed by atoms with Crippen molar-refractivity contribution in [2.75, 3.05) is 6.61 Å². The van der Waals surface area contributed by atoms with Gasteiger partial charge >= 0.3 is 0 Å². The highest BCUT2D eigenvalue weighted by Gasteiger charge is 2.08. The lowest BCUT2D eigenvalue weighted by Gasteiger charge is -2.09. The van der Waals surface area contributed by atoms with E-state index in [1.54, 1.807) is 6.07 Å². The fraction of sp³-hybridized carbons (Fsp3) is 0.111. The summed E-state index contributed by atoms with van der Waals surface area (Å²) in [5.74, 6) is 1.61. The number of carbonyl (C=O) groups excluding carboxylic acids is 1. The van der Waals surface area contributed by atoms with Gasteiger partial charge in [0.25, 0.3) is 5.91 Å². The van der Waals surface area contributed by atoms with Crippen molar-refractivity contribution in [2.24, 2.45) is 5.10 Å². The lowest BCUT2D eigenvalue weighted by atomic mass is 10.1. The predicted molar refractivity (Wildman–Crippen MR) is 96.3 cm³/mol. The number of furan rings is 1. The molecule has 0 aliphatic carbocycles. The maximum Gasteiger partial charge on any atom is 0.277 e. The molecule has 6 heteroatoms. The second-order valence-electron chi connectivity index (χ2n) is 5.13. The summed E-state index contributed by atoms with van der Waals surface area (Å²) in [4.78, 5) is 11.8. The summed E-state index contributed by atoms with van der Waals surface area (Å²) in [6.45, 7) is 1.71. The Morgan fingerprint density at radius 3 is 2.88 bits per heavy atom. The first kappa shape index (κ1) is 16.3. The standard InChI is InChI=1S/C18H15BrN2O3/c1-12-6-8-14(24-12)10-20-21-17(22)11-23-16-9-7-13-4-2-3-5-15(13)18(16)19/h2-10H,11H2,1H3,(H,21,22). The summed E-state index contributed by atoms with van der Waals surface area (Å²) in [5, 5.41) is 5.96. The van der Waals surface area contributed by atoms with Crippen molar-refractivity contribution < 1.29 is 13.9 Å². The van der Waals surface area contributed by atoms with Crippen LogP contribution >= 0.6 is 15.9 Å². The van der Waals surface area contributed by atoms with Gasteiger partial charge < -0.3 is 9.15 Å². The lowest BCUT2D eigenvalue weighted by molar-refractivity contribution is -0.123. The first-order valence-corrected chi connectivity index (χ1v) is 8.11. The van der Waals surface area contributed by atoms with Gasteiger partial charge in [-0.15, -0.1) is 0 Å². The Bertz CT molecular complexity index is 902. The number of fused-ring (bicyclic) bond motifs is 1. The van der Waals surface area contributed by atoms with E-state index >= 15 is 0 Å². The molecule has 0 atom stereocenters. The maximum atomic E-state index is 11.8. The van der Waals surface area contributed by atoms with Crippen LogP contribution in [0.4, 0.5) is 0 Å². The molecule has 0 saturated carbocycles. The molecule has 122 valence electrons. The van der Waals surface area contributed by atoms with Crippen LogP contribution in [0.5, 0.6) is 5.75 Å². The second kappa shape index (κ2) is 7.31. The summed E-state index contributed by atoms with van der Waals surface area (Å²) in [6, 6.07) is 15.3. The minimum absolute atomic E-state index is 0.133. The van der Waals surface area contributed by atoms with Gasteiger partial charge in [-0.25, -0.2) is 5.43 Å². The third-order valence-electron chi connectivity index (χ3n) is 3.33. The van der Waals surface area contributed by atoms with Crippen molar-refractivity contribution in [1.29, 1.82) is 0 Å². The van der Waals surface area contributed by atoms with E-state index in [1.807, 2.05) is 49.4 Å². The molecule has 0 unspecified atom stereocenters. The number of ether oxygens (including phenoxy) is 1. The molecule has 1 N–H and O–H groups in total. The van der Waals surface area contributed by atoms with E-state index in [-0.39, 0.29) is 12.5 Å². The van der Waals surface area contributed by atoms with Gasteiger partial charge in [0, 0.05) is 0 Å². The highest BCUT2D eigenvalue weighted by atomic mass is 79.9. The zero-order chi connectivity index (χ0) is 16.9. The molecule has 5 nitrogen and oxygen atoms in total. The van der Waals surface area contributed by atoms with Crippen LogP contribution in [0.2, 0.25) is 0 Å². The average molecular weight is 387 g/mol. The number of halogens is 1. The van der Waals surface area contributed by atoms with Crippen molar-refractivity contribution in [2.45, 2.75) is 6.92 Å². The SMILES string of the molecule is Cc1ccc(C=NNC(=O)COc2ccc3ccccc3c2Br)o1. The molecule has 3 rings (SSSR count). The van der Waals surface area contributed by atoms with E-state index in [4.69, 9.17) is 9.15 Å². The molecule has 1 amide bonds. The molecule has 0 radical (unpaired) electrons. The van der Waals surface area contributed by atoms with Crippen molar-refractivity contribution in [1.82, 2.24) is 5.43 Å². The number of nitrogens with one attached hydrogen (secondary N) is 1. The quantitative estimate of drug-likeness (QED) is 0.531. The molecule has 0 bridgehead atoms. The topological polar surface area (TPSA) is 63.8 Å². The van der Waals surface area contributed by atoms with Gasteiger partial charge in [0.15, 0.2) is 6.61 Å². The number of rotatable bonds is 5. The molecule has 0 aliphatic rings. The van der Waals surface area contributed by atoms with E-state index in [0.717, 1.165) is 21.0 Å². The summed E-state index contributed by atoms with van der Waals surface area (Å²) >= 11 is 3.52. The predicted octanol–water partition coefficient (Wildman–Crippen LogP) is 4.03. The zero-order valence-corrected chi connectivity index (χ0v) is 14.5. The van der Waals surface area contributed by atoms with E-state index in [9.17, 15) is 4.79 Å². The van der Waals surface area contributed by atoms with Crippen LogP contribution in [-0.2, 0) is 4.79 Å². The second-order valence-corrected chi connectivity index (χ2v) is 5.92. The average Bonchev–Trinajstić information content (AvgIpc) is 3.00. The van der Waals surface area contributed by atoms with Gasteiger partial charge in [-0.2, -0.15) is 5.10 Å². The molecule has 0 saturated heterocycles. The van der Waals surface area contributed by atoms with Crippen LogP contribution in [0.1, 0.15) is 11.5 Å². The van der Waals surface area contributed by atoms with Gasteiger partial charge in [0.05, 0.1) is 10.7 Å². The highest BCUT2D eigenvalue weighted by Crippen LogP contribution is 2.32. The molecule has 0 aliphatic heterocycles. The van der Waals surface area contributed by atoms with Crippen molar-refractivity contribution in [3.63, 3.8) is 0 Å². The molecule has 1 heterocycles. The normalized spacial score (nSPS) is 11.1. The highest BCUT2D eigenvalue weighted by molar-refractivity contribution is 9.10. The Morgan fingerprint density at radius 1 is 1.25 bits per heavy atom. The monoisotopic (exact) mass is 386 g/mol. The van der Waals surface area contributed by atoms with Crippen molar-refractivity contribution in [3.05, 3.63) is 64.5 Å². The number of nitrogens with zero attached hydrogens (tertiary/aromatic N) is 1. The molecule has 2 aromatic carbocycles. The minimum Gasteiger partial charge on any atom is -0.483 e. The Kier molecular flexibility index (Phi) is 4.96. The number of carbonyl (C=O) groups is 1. The fourth-order valence-corrected chi connectivity index (χ4v) is 2.80. The number of amides is 1. The lowest BCUT2D eigenvalue weighted by Crippen LogP contribution is -2.24. The Balaban J connectivity index is 1.58. The van der Waals surface area contributed by atoms with Gasteiger partial charge in [0.2, 0.25) is 0 Å². The van der Waals surface area contributed by atoms with Crippen LogP contribution in [0.15, 0.2) is 62.5 Å². The molecule has 0 fully saturated rings. The van der Waals surface area contributed by atoms with E-state index in [2.05, 4.69) is 26.5 Å². The van der Waals surface area contributed by atoms with Crippen molar-refractivity contribution in [3.8, 4) is 5.75 Å². The van der Waals surface area contributed by atoms with E-state index in [1.165, 1.54) is 6.21 Å². The largest absolute Gasteiger partial charge is 0.483 e. The number of hydrogen-bond acceptors (Lipinski definition) is 4. The van der Waals surface area contributed by atoms with E-state index in [0.29, 0.717) is 11.5 Å². The molecule has 1 aromatic heterocycles. The first-order chi connectivity index (χ1) is 11.6. The molecule has 24 heavy (non-hydrogen) atoms. The van der Waals surface area contributed by atoms with Crippen molar-refractivity contribution >= 4 is 38.8 Å². The Hall–Kier alpha value is -2.60. The van der Waals surface area contributed by atoms with Gasteiger partial charge in [0.1, 0.15) is 17.3 Å². The first-order valence-electron chi connectivity index (χ1n) is 7.32. The molecular formula is C18H15BrN2O3. The number of hydrazone groups is 1. The van der Waals surface area contributed by atoms with Gasteiger partial charge in [-0.1, -0.05) is 30.3 Å².